The lowest BCUT2D eigenvalue weighted by Gasteiger charge is -2.37. The fourth-order valence-electron chi connectivity index (χ4n) is 3.62. The summed E-state index contributed by atoms with van der Waals surface area (Å²) in [6.07, 6.45) is 0.486. The van der Waals surface area contributed by atoms with Gasteiger partial charge >= 0.3 is 6.09 Å². The molecule has 0 aliphatic carbocycles. The number of piperidine rings is 1. The quantitative estimate of drug-likeness (QED) is 0.732. The number of hydrogen-bond donors (Lipinski definition) is 1. The Morgan fingerprint density at radius 1 is 1.14 bits per heavy atom. The molecule has 1 heterocycles. The van der Waals surface area contributed by atoms with Crippen LogP contribution in [0, 0.1) is 11.7 Å². The standard InChI is InChI=1S/C21H22ClFN2O3/c22-18-4-2-1-3-17(18)19(13-28-21(24)27)25-11-9-15(10-12-25)20(26)14-5-7-16(23)8-6-14/h1-8,15,19H,9-13H2,(H2,24,27). The van der Waals surface area contributed by atoms with Crippen molar-refractivity contribution in [2.45, 2.75) is 18.9 Å². The van der Waals surface area contributed by atoms with Crippen LogP contribution in [0.2, 0.25) is 5.02 Å². The van der Waals surface area contributed by atoms with Crippen LogP contribution in [-0.2, 0) is 4.74 Å². The predicted molar refractivity (Wildman–Crippen MR) is 105 cm³/mol. The van der Waals surface area contributed by atoms with E-state index in [2.05, 4.69) is 4.90 Å². The van der Waals surface area contributed by atoms with Crippen LogP contribution in [0.15, 0.2) is 48.5 Å². The summed E-state index contributed by atoms with van der Waals surface area (Å²) in [6, 6.07) is 12.8. The van der Waals surface area contributed by atoms with Gasteiger partial charge in [-0.25, -0.2) is 9.18 Å². The molecule has 3 rings (SSSR count). The van der Waals surface area contributed by atoms with E-state index >= 15 is 0 Å². The number of ether oxygens (including phenoxy) is 1. The number of benzene rings is 2. The number of nitrogens with two attached hydrogens (primary N) is 1. The van der Waals surface area contributed by atoms with Gasteiger partial charge in [0.1, 0.15) is 12.4 Å². The Hall–Kier alpha value is -2.44. The number of nitrogens with zero attached hydrogens (tertiary/aromatic N) is 1. The smallest absolute Gasteiger partial charge is 0.404 e. The number of Topliss-reactive ketones (excluding diaryl/α,β-unsaturated/α-hetero) is 1. The normalized spacial score (nSPS) is 16.5. The van der Waals surface area contributed by atoms with E-state index in [9.17, 15) is 14.0 Å². The Morgan fingerprint density at radius 3 is 2.39 bits per heavy atom. The average molecular weight is 405 g/mol. The molecule has 0 spiro atoms. The van der Waals surface area contributed by atoms with Crippen molar-refractivity contribution in [2.75, 3.05) is 19.7 Å². The number of primary amides is 1. The Morgan fingerprint density at radius 2 is 1.79 bits per heavy atom. The third-order valence-electron chi connectivity index (χ3n) is 5.12. The van der Waals surface area contributed by atoms with E-state index in [4.69, 9.17) is 22.1 Å². The highest BCUT2D eigenvalue weighted by atomic mass is 35.5. The first-order valence-corrected chi connectivity index (χ1v) is 9.54. The zero-order valence-electron chi connectivity index (χ0n) is 15.3. The lowest BCUT2D eigenvalue weighted by atomic mass is 9.88. The molecule has 1 unspecified atom stereocenters. The largest absolute Gasteiger partial charge is 0.448 e. The lowest BCUT2D eigenvalue weighted by molar-refractivity contribution is 0.0627. The SMILES string of the molecule is NC(=O)OCC(c1ccccc1Cl)N1CCC(C(=O)c2ccc(F)cc2)CC1. The van der Waals surface area contributed by atoms with Gasteiger partial charge in [-0.1, -0.05) is 29.8 Å². The van der Waals surface area contributed by atoms with Crippen molar-refractivity contribution in [3.8, 4) is 0 Å². The molecule has 0 aromatic heterocycles. The summed E-state index contributed by atoms with van der Waals surface area (Å²) in [5.74, 6) is -0.448. The van der Waals surface area contributed by atoms with Crippen LogP contribution in [0.1, 0.15) is 34.8 Å². The Balaban J connectivity index is 1.69. The molecule has 28 heavy (non-hydrogen) atoms. The lowest BCUT2D eigenvalue weighted by Crippen LogP contribution is -2.41. The minimum atomic E-state index is -0.835. The first-order valence-electron chi connectivity index (χ1n) is 9.16. The Labute approximate surface area is 168 Å². The summed E-state index contributed by atoms with van der Waals surface area (Å²) in [5.41, 5.74) is 6.52. The summed E-state index contributed by atoms with van der Waals surface area (Å²) in [6.45, 7) is 1.39. The minimum Gasteiger partial charge on any atom is -0.448 e. The van der Waals surface area contributed by atoms with E-state index < -0.39 is 6.09 Å². The Bertz CT molecular complexity index is 836. The Kier molecular flexibility index (Phi) is 6.65. The first-order chi connectivity index (χ1) is 13.5. The van der Waals surface area contributed by atoms with Crippen molar-refractivity contribution in [1.29, 1.82) is 0 Å². The van der Waals surface area contributed by atoms with Gasteiger partial charge in [-0.15, -0.1) is 0 Å². The second kappa shape index (κ2) is 9.17. The predicted octanol–water partition coefficient (Wildman–Crippen LogP) is 4.21. The van der Waals surface area contributed by atoms with Crippen LogP contribution in [0.5, 0.6) is 0 Å². The number of carbonyl (C=O) groups excluding carboxylic acids is 2. The number of rotatable bonds is 6. The van der Waals surface area contributed by atoms with E-state index in [-0.39, 0.29) is 30.2 Å². The maximum atomic E-state index is 13.1. The topological polar surface area (TPSA) is 72.6 Å². The summed E-state index contributed by atoms with van der Waals surface area (Å²) in [7, 11) is 0. The number of ketones is 1. The van der Waals surface area contributed by atoms with Crippen LogP contribution in [0.3, 0.4) is 0 Å². The number of carbonyl (C=O) groups is 2. The second-order valence-electron chi connectivity index (χ2n) is 6.85. The molecule has 1 aliphatic heterocycles. The zero-order valence-corrected chi connectivity index (χ0v) is 16.1. The first kappa shape index (κ1) is 20.3. The number of halogens is 2. The minimum absolute atomic E-state index is 0.0299. The molecule has 0 radical (unpaired) electrons. The van der Waals surface area contributed by atoms with Gasteiger partial charge in [-0.05, 0) is 61.8 Å². The fourth-order valence-corrected chi connectivity index (χ4v) is 3.88. The molecule has 2 N–H and O–H groups in total. The van der Waals surface area contributed by atoms with Crippen molar-refractivity contribution in [1.82, 2.24) is 4.90 Å². The van der Waals surface area contributed by atoms with Crippen molar-refractivity contribution in [3.63, 3.8) is 0 Å². The molecule has 0 bridgehead atoms. The van der Waals surface area contributed by atoms with Crippen LogP contribution >= 0.6 is 11.6 Å². The monoisotopic (exact) mass is 404 g/mol. The van der Waals surface area contributed by atoms with Gasteiger partial charge in [0.15, 0.2) is 5.78 Å². The molecule has 0 saturated carbocycles. The van der Waals surface area contributed by atoms with Gasteiger partial charge in [0.2, 0.25) is 0 Å². The molecule has 1 aliphatic rings. The van der Waals surface area contributed by atoms with Crippen molar-refractivity contribution >= 4 is 23.5 Å². The van der Waals surface area contributed by atoms with Gasteiger partial charge < -0.3 is 10.5 Å². The fraction of sp³-hybridized carbons (Fsp3) is 0.333. The molecule has 7 heteroatoms. The van der Waals surface area contributed by atoms with Crippen LogP contribution < -0.4 is 5.73 Å². The van der Waals surface area contributed by atoms with E-state index in [0.29, 0.717) is 36.5 Å². The molecule has 1 atom stereocenters. The molecular formula is C21H22ClFN2O3. The van der Waals surface area contributed by atoms with Crippen molar-refractivity contribution in [3.05, 3.63) is 70.5 Å². The van der Waals surface area contributed by atoms with E-state index in [1.165, 1.54) is 24.3 Å². The molecular weight excluding hydrogens is 383 g/mol. The molecule has 1 amide bonds. The maximum absolute atomic E-state index is 13.1. The molecule has 5 nitrogen and oxygen atoms in total. The van der Waals surface area contributed by atoms with Crippen molar-refractivity contribution < 1.29 is 18.7 Å². The highest BCUT2D eigenvalue weighted by Gasteiger charge is 2.31. The highest BCUT2D eigenvalue weighted by molar-refractivity contribution is 6.31. The third-order valence-corrected chi connectivity index (χ3v) is 5.46. The second-order valence-corrected chi connectivity index (χ2v) is 7.26. The summed E-state index contributed by atoms with van der Waals surface area (Å²) in [4.78, 5) is 25.9. The molecule has 2 aromatic carbocycles. The number of hydrogen-bond acceptors (Lipinski definition) is 4. The molecule has 148 valence electrons. The van der Waals surface area contributed by atoms with Crippen LogP contribution in [0.25, 0.3) is 0 Å². The number of amides is 1. The van der Waals surface area contributed by atoms with E-state index in [0.717, 1.165) is 5.56 Å². The highest BCUT2D eigenvalue weighted by Crippen LogP contribution is 2.32. The van der Waals surface area contributed by atoms with Gasteiger partial charge in [-0.2, -0.15) is 0 Å². The maximum Gasteiger partial charge on any atom is 0.404 e. The summed E-state index contributed by atoms with van der Waals surface area (Å²) < 4.78 is 18.1. The summed E-state index contributed by atoms with van der Waals surface area (Å²) in [5, 5.41) is 0.588. The van der Waals surface area contributed by atoms with Gasteiger partial charge in [0.25, 0.3) is 0 Å². The van der Waals surface area contributed by atoms with Gasteiger partial charge in [0, 0.05) is 16.5 Å². The zero-order chi connectivity index (χ0) is 20.1. The molecule has 1 saturated heterocycles. The average Bonchev–Trinajstić information content (AvgIpc) is 2.70. The molecule has 1 fully saturated rings. The van der Waals surface area contributed by atoms with E-state index in [1.807, 2.05) is 18.2 Å². The molecule has 2 aromatic rings. The van der Waals surface area contributed by atoms with Gasteiger partial charge in [0.05, 0.1) is 6.04 Å². The summed E-state index contributed by atoms with van der Waals surface area (Å²) >= 11 is 6.34. The number of likely N-dealkylation sites (tertiary alicyclic amines) is 1. The van der Waals surface area contributed by atoms with Crippen LogP contribution in [0.4, 0.5) is 9.18 Å². The van der Waals surface area contributed by atoms with E-state index in [1.54, 1.807) is 6.07 Å². The van der Waals surface area contributed by atoms with Crippen LogP contribution in [-0.4, -0.2) is 36.5 Å². The third kappa shape index (κ3) is 4.88. The van der Waals surface area contributed by atoms with Gasteiger partial charge in [-0.3, -0.25) is 9.69 Å². The van der Waals surface area contributed by atoms with Crippen molar-refractivity contribution in [2.24, 2.45) is 11.7 Å².